The first-order chi connectivity index (χ1) is 17.7. The quantitative estimate of drug-likeness (QED) is 0.328. The largest absolute Gasteiger partial charge is 0.481 e. The highest BCUT2D eigenvalue weighted by Crippen LogP contribution is 2.48. The highest BCUT2D eigenvalue weighted by Gasteiger charge is 2.51. The summed E-state index contributed by atoms with van der Waals surface area (Å²) in [7, 11) is 1.72. The topological polar surface area (TPSA) is 93.4 Å². The number of amides is 1. The average Bonchev–Trinajstić information content (AvgIpc) is 3.64. The number of carboxylic acid groups (broad SMARTS) is 1. The third-order valence-electron chi connectivity index (χ3n) is 6.71. The SMILES string of the molecule is [2H]C(C)(OC(=O)Nc1c(-c2ccc(-c3ccc(C4(C(=O)O)CC4)cc3)cc2)cnn1C)c1ccccc1. The number of hydrogen-bond acceptors (Lipinski definition) is 4. The van der Waals surface area contributed by atoms with E-state index in [4.69, 9.17) is 6.11 Å². The van der Waals surface area contributed by atoms with Crippen LogP contribution in [0.25, 0.3) is 22.3 Å². The van der Waals surface area contributed by atoms with Gasteiger partial charge in [-0.3, -0.25) is 14.8 Å². The third-order valence-corrected chi connectivity index (χ3v) is 6.71. The minimum atomic E-state index is -1.55. The van der Waals surface area contributed by atoms with E-state index < -0.39 is 23.6 Å². The molecule has 0 radical (unpaired) electrons. The smallest absolute Gasteiger partial charge is 0.413 e. The first kappa shape index (κ1) is 22.1. The van der Waals surface area contributed by atoms with Gasteiger partial charge in [0.15, 0.2) is 0 Å². The summed E-state index contributed by atoms with van der Waals surface area (Å²) in [6, 6.07) is 24.4. The van der Waals surface area contributed by atoms with Crippen molar-refractivity contribution in [2.24, 2.45) is 7.05 Å². The van der Waals surface area contributed by atoms with Gasteiger partial charge < -0.3 is 9.84 Å². The fourth-order valence-corrected chi connectivity index (χ4v) is 4.37. The molecule has 1 saturated carbocycles. The molecule has 1 aromatic heterocycles. The molecule has 7 nitrogen and oxygen atoms in total. The second kappa shape index (κ2) is 9.34. The van der Waals surface area contributed by atoms with Crippen LogP contribution >= 0.6 is 0 Å². The summed E-state index contributed by atoms with van der Waals surface area (Å²) < 4.78 is 15.4. The molecule has 1 aliphatic carbocycles. The monoisotopic (exact) mass is 482 g/mol. The van der Waals surface area contributed by atoms with E-state index in [0.717, 1.165) is 22.3 Å². The van der Waals surface area contributed by atoms with E-state index in [1.165, 1.54) is 6.92 Å². The summed E-state index contributed by atoms with van der Waals surface area (Å²) in [5.41, 5.74) is 4.23. The molecule has 4 aromatic rings. The lowest BCUT2D eigenvalue weighted by Gasteiger charge is -2.15. The molecule has 1 fully saturated rings. The van der Waals surface area contributed by atoms with Gasteiger partial charge in [-0.15, -0.1) is 0 Å². The van der Waals surface area contributed by atoms with Crippen LogP contribution in [0.5, 0.6) is 0 Å². The lowest BCUT2D eigenvalue weighted by atomic mass is 9.93. The molecule has 1 unspecified atom stereocenters. The zero-order valence-corrected chi connectivity index (χ0v) is 20.1. The number of hydrogen-bond donors (Lipinski definition) is 2. The standard InChI is InChI=1S/C29H27N3O4/c1-19(20-6-4-3-5-7-20)36-28(35)31-26-25(18-30-32(26)2)23-10-8-21(9-11-23)22-12-14-24(15-13-22)29(16-17-29)27(33)34/h3-15,18-19H,16-17H2,1-2H3,(H,31,35)(H,33,34)/i19D. The van der Waals surface area contributed by atoms with Crippen LogP contribution in [-0.2, 0) is 22.0 Å². The van der Waals surface area contributed by atoms with Crippen molar-refractivity contribution in [3.8, 4) is 22.3 Å². The highest BCUT2D eigenvalue weighted by atomic mass is 16.6. The molecule has 182 valence electrons. The number of anilines is 1. The molecule has 7 heteroatoms. The van der Waals surface area contributed by atoms with Gasteiger partial charge in [-0.1, -0.05) is 78.9 Å². The number of carbonyl (C=O) groups is 2. The molecule has 5 rings (SSSR count). The van der Waals surface area contributed by atoms with Crippen molar-refractivity contribution in [3.05, 3.63) is 96.2 Å². The van der Waals surface area contributed by atoms with E-state index in [9.17, 15) is 14.7 Å². The number of nitrogens with one attached hydrogen (secondary N) is 1. The molecule has 1 atom stereocenters. The predicted octanol–water partition coefficient (Wildman–Crippen LogP) is 6.18. The zero-order chi connectivity index (χ0) is 26.2. The van der Waals surface area contributed by atoms with Crippen molar-refractivity contribution >= 4 is 17.9 Å². The van der Waals surface area contributed by atoms with Crippen LogP contribution < -0.4 is 5.32 Å². The van der Waals surface area contributed by atoms with E-state index in [0.29, 0.717) is 29.8 Å². The molecule has 0 saturated heterocycles. The van der Waals surface area contributed by atoms with Gasteiger partial charge in [0.05, 0.1) is 13.0 Å². The van der Waals surface area contributed by atoms with Crippen LogP contribution in [0, 0.1) is 0 Å². The van der Waals surface area contributed by atoms with Crippen molar-refractivity contribution < 1.29 is 20.8 Å². The molecule has 0 spiro atoms. The van der Waals surface area contributed by atoms with E-state index in [2.05, 4.69) is 10.4 Å². The van der Waals surface area contributed by atoms with E-state index in [-0.39, 0.29) is 0 Å². The maximum atomic E-state index is 12.7. The normalized spacial score (nSPS) is 15.9. The van der Waals surface area contributed by atoms with Gasteiger partial charge in [0.2, 0.25) is 0 Å². The Labute approximate surface area is 210 Å². The molecule has 1 amide bonds. The second-order valence-corrected chi connectivity index (χ2v) is 9.01. The third kappa shape index (κ3) is 4.47. The molecule has 2 N–H and O–H groups in total. The van der Waals surface area contributed by atoms with Crippen LogP contribution in [0.3, 0.4) is 0 Å². The Morgan fingerprint density at radius 1 is 1.00 bits per heavy atom. The predicted molar refractivity (Wildman–Crippen MR) is 138 cm³/mol. The minimum Gasteiger partial charge on any atom is -0.481 e. The summed E-state index contributed by atoms with van der Waals surface area (Å²) >= 11 is 0. The van der Waals surface area contributed by atoms with Crippen molar-refractivity contribution in [2.75, 3.05) is 5.32 Å². The summed E-state index contributed by atoms with van der Waals surface area (Å²) in [6.07, 6.45) is 0.720. The summed E-state index contributed by atoms with van der Waals surface area (Å²) in [6.45, 7) is 1.52. The van der Waals surface area contributed by atoms with Crippen molar-refractivity contribution in [1.29, 1.82) is 0 Å². The molecular weight excluding hydrogens is 454 g/mol. The van der Waals surface area contributed by atoms with Gasteiger partial charge in [-0.25, -0.2) is 4.79 Å². The Morgan fingerprint density at radius 2 is 1.58 bits per heavy atom. The van der Waals surface area contributed by atoms with Gasteiger partial charge in [-0.05, 0) is 47.6 Å². The van der Waals surface area contributed by atoms with E-state index >= 15 is 0 Å². The fourth-order valence-electron chi connectivity index (χ4n) is 4.37. The van der Waals surface area contributed by atoms with Crippen LogP contribution in [-0.4, -0.2) is 26.9 Å². The van der Waals surface area contributed by atoms with Crippen molar-refractivity contribution in [3.63, 3.8) is 0 Å². The molecule has 36 heavy (non-hydrogen) atoms. The Hall–Kier alpha value is -4.39. The highest BCUT2D eigenvalue weighted by molar-refractivity contribution is 5.90. The zero-order valence-electron chi connectivity index (χ0n) is 21.1. The first-order valence-electron chi connectivity index (χ1n) is 12.2. The van der Waals surface area contributed by atoms with Gasteiger partial charge in [0.25, 0.3) is 0 Å². The lowest BCUT2D eigenvalue weighted by molar-refractivity contribution is -0.140. The fraction of sp³-hybridized carbons (Fsp3) is 0.207. The number of rotatable bonds is 7. The van der Waals surface area contributed by atoms with Crippen LogP contribution in [0.4, 0.5) is 10.6 Å². The Morgan fingerprint density at radius 3 is 2.17 bits per heavy atom. The number of aliphatic carboxylic acids is 1. The van der Waals surface area contributed by atoms with Crippen LogP contribution in [0.2, 0.25) is 0 Å². The number of aromatic nitrogens is 2. The van der Waals surface area contributed by atoms with E-state index in [1.54, 1.807) is 42.2 Å². The average molecular weight is 483 g/mol. The maximum absolute atomic E-state index is 12.7. The van der Waals surface area contributed by atoms with Crippen LogP contribution in [0.15, 0.2) is 85.1 Å². The van der Waals surface area contributed by atoms with Gasteiger partial charge in [0, 0.05) is 12.6 Å². The number of nitrogens with zero attached hydrogens (tertiary/aromatic N) is 2. The molecule has 1 aliphatic rings. The minimum absolute atomic E-state index is 0.453. The Balaban J connectivity index is 1.32. The van der Waals surface area contributed by atoms with Crippen LogP contribution in [0.1, 0.15) is 38.3 Å². The van der Waals surface area contributed by atoms with Crippen molar-refractivity contribution in [2.45, 2.75) is 31.3 Å². The summed E-state index contributed by atoms with van der Waals surface area (Å²) in [5, 5.41) is 16.5. The summed E-state index contributed by atoms with van der Waals surface area (Å²) in [4.78, 5) is 24.3. The molecular formula is C29H27N3O4. The number of carboxylic acids is 1. The Bertz CT molecular complexity index is 1440. The maximum Gasteiger partial charge on any atom is 0.413 e. The molecule has 0 aliphatic heterocycles. The van der Waals surface area contributed by atoms with Gasteiger partial charge in [-0.2, -0.15) is 5.10 Å². The lowest BCUT2D eigenvalue weighted by Crippen LogP contribution is -2.19. The number of ether oxygens (including phenoxy) is 1. The van der Waals surface area contributed by atoms with E-state index in [1.807, 2.05) is 54.6 Å². The first-order valence-corrected chi connectivity index (χ1v) is 11.7. The number of benzene rings is 3. The van der Waals surface area contributed by atoms with Crippen molar-refractivity contribution in [1.82, 2.24) is 9.78 Å². The number of carbonyl (C=O) groups excluding carboxylic acids is 1. The van der Waals surface area contributed by atoms with Gasteiger partial charge >= 0.3 is 12.1 Å². The Kier molecular flexibility index (Phi) is 5.73. The second-order valence-electron chi connectivity index (χ2n) is 9.01. The number of aryl methyl sites for hydroxylation is 1. The van der Waals surface area contributed by atoms with Gasteiger partial charge in [0.1, 0.15) is 11.9 Å². The molecule has 0 bridgehead atoms. The molecule has 1 heterocycles. The summed E-state index contributed by atoms with van der Waals surface area (Å²) in [5.74, 6) is -0.309. The molecule has 3 aromatic carbocycles.